The highest BCUT2D eigenvalue weighted by Crippen LogP contribution is 2.69. The molecule has 1 aliphatic heterocycles. The molecule has 1 aliphatic rings. The van der Waals surface area contributed by atoms with Gasteiger partial charge in [0.1, 0.15) is 8.59 Å². The SMILES string of the molecule is C[Si](C)(C)C1([Si](C)(C)C)CCC([Si](C)(C)C)([Si](C)(C)C)[Si]1=NCc1ccccc1. The van der Waals surface area contributed by atoms with Gasteiger partial charge in [0.15, 0.2) is 0 Å². The second kappa shape index (κ2) is 7.91. The van der Waals surface area contributed by atoms with Crippen LogP contribution in [0.25, 0.3) is 0 Å². The standard InChI is InChI=1S/C23H47NSi5/c1-26(2,3)22(27(4,5)6)18-19-23(28(7,8)9,29(10,11)12)25(22)24-20-21-16-14-13-15-17-21/h13-17H,18-20H2,1-12H3. The zero-order valence-corrected chi connectivity index (χ0v) is 26.5. The average Bonchev–Trinajstić information content (AvgIpc) is 2.90. The third-order valence-corrected chi connectivity index (χ3v) is 42.7. The Balaban J connectivity index is 2.87. The van der Waals surface area contributed by atoms with E-state index >= 15 is 0 Å². The fourth-order valence-corrected chi connectivity index (χ4v) is 47.4. The molecule has 2 rings (SSSR count). The Bertz CT molecular complexity index is 673. The highest BCUT2D eigenvalue weighted by Gasteiger charge is 2.70. The summed E-state index contributed by atoms with van der Waals surface area (Å²) in [5.74, 6) is 0. The molecule has 1 fully saturated rings. The monoisotopic (exact) mass is 477 g/mol. The highest BCUT2D eigenvalue weighted by atomic mass is 28.5. The molecule has 0 unspecified atom stereocenters. The Morgan fingerprint density at radius 2 is 1.00 bits per heavy atom. The third kappa shape index (κ3) is 4.13. The number of hydrogen-bond donors (Lipinski definition) is 0. The lowest BCUT2D eigenvalue weighted by Gasteiger charge is -2.56. The van der Waals surface area contributed by atoms with Gasteiger partial charge < -0.3 is 4.63 Å². The minimum absolute atomic E-state index is 0.597. The summed E-state index contributed by atoms with van der Waals surface area (Å²) in [5.41, 5.74) is 1.41. The van der Waals surface area contributed by atoms with E-state index in [0.29, 0.717) is 8.57 Å². The molecule has 0 atom stereocenters. The lowest BCUT2D eigenvalue weighted by molar-refractivity contribution is 0.763. The van der Waals surface area contributed by atoms with E-state index in [-0.39, 0.29) is 0 Å². The van der Waals surface area contributed by atoms with Gasteiger partial charge in [-0.25, -0.2) is 0 Å². The van der Waals surface area contributed by atoms with E-state index in [1.165, 1.54) is 18.4 Å². The summed E-state index contributed by atoms with van der Waals surface area (Å²) in [6, 6.07) is 11.1. The van der Waals surface area contributed by atoms with Crippen molar-refractivity contribution in [3.8, 4) is 0 Å². The summed E-state index contributed by atoms with van der Waals surface area (Å²) in [4.78, 5) is 0. The largest absolute Gasteiger partial charge is 0.332 e. The van der Waals surface area contributed by atoms with Gasteiger partial charge in [-0.15, -0.1) is 0 Å². The molecule has 164 valence electrons. The van der Waals surface area contributed by atoms with Crippen molar-refractivity contribution in [3.63, 3.8) is 0 Å². The number of benzene rings is 1. The summed E-state index contributed by atoms with van der Waals surface area (Å²) < 4.78 is 7.10. The highest BCUT2D eigenvalue weighted by molar-refractivity contribution is 7.18. The van der Waals surface area contributed by atoms with E-state index in [1.54, 1.807) is 0 Å². The molecule has 1 heterocycles. The molecular formula is C23H47NSi5. The van der Waals surface area contributed by atoms with Gasteiger partial charge in [-0.2, -0.15) is 0 Å². The van der Waals surface area contributed by atoms with Crippen LogP contribution in [0, 0.1) is 0 Å². The summed E-state index contributed by atoms with van der Waals surface area (Å²) in [6.45, 7) is 33.3. The molecule has 0 N–H and O–H groups in total. The van der Waals surface area contributed by atoms with Gasteiger partial charge in [0.05, 0.1) is 38.8 Å². The number of hydrogen-bond acceptors (Lipinski definition) is 1. The Hall–Kier alpha value is 0.104. The first-order valence-corrected chi connectivity index (χ1v) is 27.0. The number of nitrogens with zero attached hydrogens (tertiary/aromatic N) is 1. The van der Waals surface area contributed by atoms with Crippen molar-refractivity contribution in [2.24, 2.45) is 4.63 Å². The van der Waals surface area contributed by atoms with Gasteiger partial charge in [-0.3, -0.25) is 0 Å². The Morgan fingerprint density at radius 3 is 1.31 bits per heavy atom. The molecule has 0 aromatic heterocycles. The molecule has 1 aromatic rings. The van der Waals surface area contributed by atoms with Crippen molar-refractivity contribution in [1.29, 1.82) is 0 Å². The Labute approximate surface area is 187 Å². The molecule has 29 heavy (non-hydrogen) atoms. The van der Waals surface area contributed by atoms with Gasteiger partial charge in [0.2, 0.25) is 0 Å². The van der Waals surface area contributed by atoms with Crippen LogP contribution in [-0.2, 0) is 6.54 Å². The number of rotatable bonds is 6. The normalized spacial score (nSPS) is 20.1. The van der Waals surface area contributed by atoms with Crippen LogP contribution in [0.1, 0.15) is 18.4 Å². The van der Waals surface area contributed by atoms with Crippen molar-refractivity contribution in [2.75, 3.05) is 0 Å². The first kappa shape index (κ1) is 25.4. The van der Waals surface area contributed by atoms with E-state index in [4.69, 9.17) is 4.63 Å². The van der Waals surface area contributed by atoms with Crippen LogP contribution in [0.5, 0.6) is 0 Å². The second-order valence-corrected chi connectivity index (χ2v) is 40.6. The van der Waals surface area contributed by atoms with Crippen LogP contribution in [0.15, 0.2) is 35.0 Å². The van der Waals surface area contributed by atoms with E-state index in [0.717, 1.165) is 6.54 Å². The van der Waals surface area contributed by atoms with Gasteiger partial charge in [0.25, 0.3) is 0 Å². The average molecular weight is 478 g/mol. The minimum Gasteiger partial charge on any atom is -0.332 e. The van der Waals surface area contributed by atoms with E-state index in [1.807, 2.05) is 0 Å². The first-order valence-electron chi connectivity index (χ1n) is 11.5. The molecule has 1 aromatic carbocycles. The molecule has 6 heteroatoms. The zero-order valence-electron chi connectivity index (χ0n) is 21.5. The molecular weight excluding hydrogens is 431 g/mol. The zero-order chi connectivity index (χ0) is 22.5. The predicted octanol–water partition coefficient (Wildman–Crippen LogP) is 8.23. The molecule has 0 radical (unpaired) electrons. The van der Waals surface area contributed by atoms with Gasteiger partial charge >= 0.3 is 0 Å². The minimum atomic E-state index is -1.40. The summed E-state index contributed by atoms with van der Waals surface area (Å²) in [5, 5.41) is 0. The van der Waals surface area contributed by atoms with Crippen molar-refractivity contribution < 1.29 is 0 Å². The molecule has 1 saturated heterocycles. The molecule has 0 spiro atoms. The molecule has 0 bridgehead atoms. The van der Waals surface area contributed by atoms with Crippen LogP contribution in [-0.4, -0.2) is 40.9 Å². The van der Waals surface area contributed by atoms with E-state index < -0.39 is 40.9 Å². The summed E-state index contributed by atoms with van der Waals surface area (Å²) in [7, 11) is -6.46. The van der Waals surface area contributed by atoms with Crippen molar-refractivity contribution in [3.05, 3.63) is 35.9 Å². The fraction of sp³-hybridized carbons (Fsp3) is 0.739. The van der Waals surface area contributed by atoms with Gasteiger partial charge in [-0.05, 0) is 14.1 Å². The van der Waals surface area contributed by atoms with Crippen molar-refractivity contribution >= 4 is 40.9 Å². The lowest BCUT2D eigenvalue weighted by Crippen LogP contribution is -2.65. The topological polar surface area (TPSA) is 12.4 Å². The Kier molecular flexibility index (Phi) is 6.91. The molecule has 0 saturated carbocycles. The maximum atomic E-state index is 5.91. The maximum Gasteiger partial charge on any atom is 0.123 e. The van der Waals surface area contributed by atoms with E-state index in [9.17, 15) is 0 Å². The smallest absolute Gasteiger partial charge is 0.123 e. The fourth-order valence-electron chi connectivity index (χ4n) is 7.17. The molecule has 0 aliphatic carbocycles. The predicted molar refractivity (Wildman–Crippen MR) is 146 cm³/mol. The quantitative estimate of drug-likeness (QED) is 0.366. The van der Waals surface area contributed by atoms with Gasteiger partial charge in [0, 0.05) is 0 Å². The van der Waals surface area contributed by atoms with Crippen molar-refractivity contribution in [1.82, 2.24) is 0 Å². The van der Waals surface area contributed by atoms with Crippen LogP contribution >= 0.6 is 0 Å². The van der Waals surface area contributed by atoms with Crippen molar-refractivity contribution in [2.45, 2.75) is 107 Å². The van der Waals surface area contributed by atoms with Gasteiger partial charge in [-0.1, -0.05) is 122 Å². The van der Waals surface area contributed by atoms with Crippen LogP contribution in [0.2, 0.25) is 87.1 Å². The van der Waals surface area contributed by atoms with E-state index in [2.05, 4.69) is 109 Å². The second-order valence-electron chi connectivity index (χ2n) is 13.5. The summed E-state index contributed by atoms with van der Waals surface area (Å²) >= 11 is 0. The Morgan fingerprint density at radius 1 is 0.655 bits per heavy atom. The third-order valence-electron chi connectivity index (χ3n) is 8.07. The van der Waals surface area contributed by atoms with Crippen LogP contribution in [0.4, 0.5) is 0 Å². The van der Waals surface area contributed by atoms with Crippen LogP contribution in [0.3, 0.4) is 0 Å². The van der Waals surface area contributed by atoms with Crippen LogP contribution < -0.4 is 0 Å². The summed E-state index contributed by atoms with van der Waals surface area (Å²) in [6.07, 6.45) is 2.97. The lowest BCUT2D eigenvalue weighted by atomic mass is 10.2. The first-order chi connectivity index (χ1) is 12.9. The molecule has 0 amide bonds. The molecule has 1 nitrogen and oxygen atoms in total. The maximum absolute atomic E-state index is 5.91.